The van der Waals surface area contributed by atoms with Crippen LogP contribution in [0.3, 0.4) is 0 Å². The fraction of sp³-hybridized carbons (Fsp3) is 0.200. The average molecular weight is 336 g/mol. The van der Waals surface area contributed by atoms with E-state index in [1.165, 1.54) is 0 Å². The molecule has 128 valence electrons. The summed E-state index contributed by atoms with van der Waals surface area (Å²) < 4.78 is 10.5. The maximum Gasteiger partial charge on any atom is 0.275 e. The molecule has 1 aliphatic rings. The molecule has 0 saturated heterocycles. The van der Waals surface area contributed by atoms with Crippen molar-refractivity contribution in [1.29, 1.82) is 0 Å². The van der Waals surface area contributed by atoms with Crippen molar-refractivity contribution in [2.45, 2.75) is 13.8 Å². The fourth-order valence-corrected chi connectivity index (χ4v) is 2.65. The normalized spacial score (nSPS) is 15.1. The van der Waals surface area contributed by atoms with E-state index in [1.54, 1.807) is 26.4 Å². The first-order chi connectivity index (χ1) is 12.0. The zero-order chi connectivity index (χ0) is 18.0. The van der Waals surface area contributed by atoms with Gasteiger partial charge in [-0.15, -0.1) is 0 Å². The Hall–Kier alpha value is -3.08. The van der Waals surface area contributed by atoms with Gasteiger partial charge in [0.25, 0.3) is 5.91 Å². The van der Waals surface area contributed by atoms with Crippen molar-refractivity contribution in [3.8, 4) is 11.5 Å². The van der Waals surface area contributed by atoms with E-state index in [-0.39, 0.29) is 5.91 Å². The number of hydrogen-bond donors (Lipinski definition) is 1. The molecule has 0 aromatic heterocycles. The lowest BCUT2D eigenvalue weighted by Crippen LogP contribution is -2.24. The van der Waals surface area contributed by atoms with E-state index in [0.29, 0.717) is 23.0 Å². The molecule has 1 heterocycles. The van der Waals surface area contributed by atoms with Crippen molar-refractivity contribution in [3.05, 3.63) is 64.3 Å². The number of hydrogen-bond acceptors (Lipinski definition) is 4. The smallest absolute Gasteiger partial charge is 0.275 e. The van der Waals surface area contributed by atoms with Gasteiger partial charge in [0.2, 0.25) is 0 Å². The number of benzene rings is 2. The van der Waals surface area contributed by atoms with Crippen LogP contribution in [0.15, 0.2) is 47.1 Å². The van der Waals surface area contributed by atoms with Gasteiger partial charge in [0.05, 0.1) is 14.2 Å². The van der Waals surface area contributed by atoms with Gasteiger partial charge in [-0.2, -0.15) is 0 Å². The van der Waals surface area contributed by atoms with Gasteiger partial charge in [-0.25, -0.2) is 4.99 Å². The van der Waals surface area contributed by atoms with Crippen molar-refractivity contribution >= 4 is 17.8 Å². The van der Waals surface area contributed by atoms with E-state index >= 15 is 0 Å². The molecule has 0 bridgehead atoms. The Morgan fingerprint density at radius 3 is 2.48 bits per heavy atom. The number of methoxy groups -OCH3 is 2. The molecule has 0 unspecified atom stereocenters. The van der Waals surface area contributed by atoms with Gasteiger partial charge < -0.3 is 14.8 Å². The predicted octanol–water partition coefficient (Wildman–Crippen LogP) is 3.24. The second-order valence-corrected chi connectivity index (χ2v) is 5.87. The van der Waals surface area contributed by atoms with E-state index in [4.69, 9.17) is 9.47 Å². The van der Waals surface area contributed by atoms with Crippen LogP contribution in [0.1, 0.15) is 22.3 Å². The number of aliphatic imine (C=N–C) groups is 1. The molecule has 1 N–H and O–H groups in total. The zero-order valence-corrected chi connectivity index (χ0v) is 14.7. The van der Waals surface area contributed by atoms with Gasteiger partial charge in [-0.3, -0.25) is 4.79 Å². The van der Waals surface area contributed by atoms with E-state index < -0.39 is 0 Å². The van der Waals surface area contributed by atoms with Gasteiger partial charge in [-0.05, 0) is 49.2 Å². The summed E-state index contributed by atoms with van der Waals surface area (Å²) in [7, 11) is 3.15. The SMILES string of the molecule is COc1ccc(C2=N/C(=C/c3cc(C)ccc3C)C(=O)N2)cc1OC. The Morgan fingerprint density at radius 1 is 1.00 bits per heavy atom. The number of carbonyl (C=O) groups is 1. The van der Waals surface area contributed by atoms with Gasteiger partial charge in [0.15, 0.2) is 11.5 Å². The quantitative estimate of drug-likeness (QED) is 0.872. The predicted molar refractivity (Wildman–Crippen MR) is 98.1 cm³/mol. The number of ether oxygens (including phenoxy) is 2. The van der Waals surface area contributed by atoms with E-state index in [1.807, 2.05) is 44.2 Å². The number of nitrogens with zero attached hydrogens (tertiary/aromatic N) is 1. The van der Waals surface area contributed by atoms with Crippen LogP contribution in [0.5, 0.6) is 11.5 Å². The van der Waals surface area contributed by atoms with Gasteiger partial charge in [-0.1, -0.05) is 23.8 Å². The Labute approximate surface area is 147 Å². The molecule has 5 nitrogen and oxygen atoms in total. The molecule has 25 heavy (non-hydrogen) atoms. The van der Waals surface area contributed by atoms with Crippen molar-refractivity contribution < 1.29 is 14.3 Å². The Bertz CT molecular complexity index is 898. The number of rotatable bonds is 4. The number of amides is 1. The highest BCUT2D eigenvalue weighted by Gasteiger charge is 2.22. The first-order valence-corrected chi connectivity index (χ1v) is 7.93. The standard InChI is InChI=1S/C20H20N2O3/c1-12-5-6-13(2)15(9-12)10-16-20(23)22-19(21-16)14-7-8-17(24-3)18(11-14)25-4/h5-11H,1-4H3,(H,21,22,23)/b16-10+. The Balaban J connectivity index is 1.98. The lowest BCUT2D eigenvalue weighted by Gasteiger charge is -2.09. The van der Waals surface area contributed by atoms with E-state index in [0.717, 1.165) is 22.3 Å². The molecule has 2 aromatic rings. The summed E-state index contributed by atoms with van der Waals surface area (Å²) in [5.41, 5.74) is 4.37. The molecular weight excluding hydrogens is 316 g/mol. The largest absolute Gasteiger partial charge is 0.493 e. The van der Waals surface area contributed by atoms with Crippen LogP contribution in [0.2, 0.25) is 0 Å². The lowest BCUT2D eigenvalue weighted by atomic mass is 10.0. The van der Waals surface area contributed by atoms with Gasteiger partial charge >= 0.3 is 0 Å². The summed E-state index contributed by atoms with van der Waals surface area (Å²) in [6, 6.07) is 11.5. The minimum atomic E-state index is -0.217. The van der Waals surface area contributed by atoms with Crippen molar-refractivity contribution in [2.75, 3.05) is 14.2 Å². The molecule has 5 heteroatoms. The van der Waals surface area contributed by atoms with Crippen molar-refractivity contribution in [2.24, 2.45) is 4.99 Å². The van der Waals surface area contributed by atoms with E-state index in [9.17, 15) is 4.79 Å². The second-order valence-electron chi connectivity index (χ2n) is 5.87. The number of amidine groups is 1. The Morgan fingerprint density at radius 2 is 1.76 bits per heavy atom. The van der Waals surface area contributed by atoms with Crippen molar-refractivity contribution in [1.82, 2.24) is 5.32 Å². The van der Waals surface area contributed by atoms with Crippen LogP contribution in [-0.4, -0.2) is 26.0 Å². The van der Waals surface area contributed by atoms with Crippen LogP contribution in [0.25, 0.3) is 6.08 Å². The molecule has 0 aliphatic carbocycles. The van der Waals surface area contributed by atoms with Crippen LogP contribution < -0.4 is 14.8 Å². The summed E-state index contributed by atoms with van der Waals surface area (Å²) >= 11 is 0. The molecule has 0 fully saturated rings. The topological polar surface area (TPSA) is 59.9 Å². The molecule has 0 radical (unpaired) electrons. The second kappa shape index (κ2) is 6.81. The number of aryl methyl sites for hydroxylation is 2. The minimum absolute atomic E-state index is 0.217. The van der Waals surface area contributed by atoms with Crippen LogP contribution in [0, 0.1) is 13.8 Å². The third-order valence-corrected chi connectivity index (χ3v) is 4.08. The summed E-state index contributed by atoms with van der Waals surface area (Å²) in [4.78, 5) is 16.7. The third-order valence-electron chi connectivity index (χ3n) is 4.08. The summed E-state index contributed by atoms with van der Waals surface area (Å²) in [6.07, 6.45) is 1.81. The summed E-state index contributed by atoms with van der Waals surface area (Å²) in [6.45, 7) is 4.03. The highest BCUT2D eigenvalue weighted by atomic mass is 16.5. The molecular formula is C20H20N2O3. The van der Waals surface area contributed by atoms with Crippen LogP contribution in [-0.2, 0) is 4.79 Å². The molecule has 0 spiro atoms. The molecule has 2 aromatic carbocycles. The highest BCUT2D eigenvalue weighted by molar-refractivity contribution is 6.20. The molecule has 0 atom stereocenters. The summed E-state index contributed by atoms with van der Waals surface area (Å²) in [5, 5.41) is 2.81. The molecule has 1 amide bonds. The lowest BCUT2D eigenvalue weighted by molar-refractivity contribution is -0.115. The van der Waals surface area contributed by atoms with Crippen LogP contribution in [0.4, 0.5) is 0 Å². The summed E-state index contributed by atoms with van der Waals surface area (Å²) in [5.74, 6) is 1.50. The fourth-order valence-electron chi connectivity index (χ4n) is 2.65. The molecule has 3 rings (SSSR count). The average Bonchev–Trinajstić information content (AvgIpc) is 2.98. The molecule has 1 aliphatic heterocycles. The van der Waals surface area contributed by atoms with Gasteiger partial charge in [0, 0.05) is 5.56 Å². The first kappa shape index (κ1) is 16.8. The monoisotopic (exact) mass is 336 g/mol. The van der Waals surface area contributed by atoms with E-state index in [2.05, 4.69) is 10.3 Å². The van der Waals surface area contributed by atoms with Crippen LogP contribution >= 0.6 is 0 Å². The highest BCUT2D eigenvalue weighted by Crippen LogP contribution is 2.28. The number of carbonyl (C=O) groups excluding carboxylic acids is 1. The molecule has 0 saturated carbocycles. The third kappa shape index (κ3) is 3.40. The first-order valence-electron chi connectivity index (χ1n) is 7.93. The Kier molecular flexibility index (Phi) is 4.57. The van der Waals surface area contributed by atoms with Crippen molar-refractivity contribution in [3.63, 3.8) is 0 Å². The number of nitrogens with one attached hydrogen (secondary N) is 1. The zero-order valence-electron chi connectivity index (χ0n) is 14.7. The maximum absolute atomic E-state index is 12.3. The maximum atomic E-state index is 12.3. The van der Waals surface area contributed by atoms with Gasteiger partial charge in [0.1, 0.15) is 11.5 Å². The minimum Gasteiger partial charge on any atom is -0.493 e.